The SMILES string of the molecule is CC(C)OC(=O)/C=C\C(=O)N1CCCCC1. The van der Waals surface area contributed by atoms with E-state index in [4.69, 9.17) is 4.74 Å². The highest BCUT2D eigenvalue weighted by atomic mass is 16.5. The van der Waals surface area contributed by atoms with E-state index in [2.05, 4.69) is 0 Å². The first kappa shape index (κ1) is 12.7. The Kier molecular flexibility index (Phi) is 5.02. The number of piperidine rings is 1. The molecule has 0 unspecified atom stereocenters. The van der Waals surface area contributed by atoms with E-state index in [-0.39, 0.29) is 12.0 Å². The lowest BCUT2D eigenvalue weighted by Gasteiger charge is -2.25. The molecule has 0 aliphatic carbocycles. The number of carbonyl (C=O) groups excluding carboxylic acids is 2. The molecule has 4 heteroatoms. The minimum absolute atomic E-state index is 0.0968. The Bertz CT molecular complexity index is 278. The number of carbonyl (C=O) groups is 2. The molecule has 0 aromatic rings. The maximum Gasteiger partial charge on any atom is 0.331 e. The zero-order valence-corrected chi connectivity index (χ0v) is 9.94. The summed E-state index contributed by atoms with van der Waals surface area (Å²) >= 11 is 0. The van der Waals surface area contributed by atoms with E-state index in [1.54, 1.807) is 18.7 Å². The molecule has 0 aromatic carbocycles. The summed E-state index contributed by atoms with van der Waals surface area (Å²) in [5.74, 6) is -0.555. The highest BCUT2D eigenvalue weighted by molar-refractivity contribution is 5.94. The Labute approximate surface area is 96.3 Å². The Morgan fingerprint density at radius 1 is 1.12 bits per heavy atom. The molecular formula is C12H19NO3. The molecule has 0 radical (unpaired) electrons. The van der Waals surface area contributed by atoms with Gasteiger partial charge in [0.15, 0.2) is 0 Å². The van der Waals surface area contributed by atoms with Crippen LogP contribution >= 0.6 is 0 Å². The summed E-state index contributed by atoms with van der Waals surface area (Å²) in [4.78, 5) is 24.5. The van der Waals surface area contributed by atoms with Gasteiger partial charge < -0.3 is 9.64 Å². The van der Waals surface area contributed by atoms with E-state index in [1.165, 1.54) is 18.6 Å². The molecular weight excluding hydrogens is 206 g/mol. The largest absolute Gasteiger partial charge is 0.460 e. The molecule has 0 aromatic heterocycles. The first-order valence-corrected chi connectivity index (χ1v) is 5.77. The lowest BCUT2D eigenvalue weighted by molar-refractivity contribution is -0.141. The summed E-state index contributed by atoms with van der Waals surface area (Å²) in [7, 11) is 0. The van der Waals surface area contributed by atoms with Gasteiger partial charge in [-0.05, 0) is 33.1 Å². The maximum atomic E-state index is 11.6. The molecule has 1 aliphatic heterocycles. The van der Waals surface area contributed by atoms with E-state index < -0.39 is 5.97 Å². The van der Waals surface area contributed by atoms with Crippen molar-refractivity contribution in [3.8, 4) is 0 Å². The average Bonchev–Trinajstić information content (AvgIpc) is 2.26. The van der Waals surface area contributed by atoms with Crippen LogP contribution in [0, 0.1) is 0 Å². The Morgan fingerprint density at radius 2 is 1.75 bits per heavy atom. The van der Waals surface area contributed by atoms with Crippen molar-refractivity contribution >= 4 is 11.9 Å². The third-order valence-corrected chi connectivity index (χ3v) is 2.38. The normalized spacial score (nSPS) is 16.8. The van der Waals surface area contributed by atoms with Crippen LogP contribution in [0.2, 0.25) is 0 Å². The van der Waals surface area contributed by atoms with E-state index >= 15 is 0 Å². The van der Waals surface area contributed by atoms with Gasteiger partial charge in [0.1, 0.15) is 0 Å². The van der Waals surface area contributed by atoms with Crippen LogP contribution in [-0.2, 0) is 14.3 Å². The standard InChI is InChI=1S/C12H19NO3/c1-10(2)16-12(15)7-6-11(14)13-8-4-3-5-9-13/h6-7,10H,3-5,8-9H2,1-2H3/b7-6-. The Hall–Kier alpha value is -1.32. The number of esters is 1. The fourth-order valence-electron chi connectivity index (χ4n) is 1.63. The van der Waals surface area contributed by atoms with Crippen molar-refractivity contribution in [1.29, 1.82) is 0 Å². The first-order valence-electron chi connectivity index (χ1n) is 5.77. The van der Waals surface area contributed by atoms with Crippen LogP contribution in [-0.4, -0.2) is 36.0 Å². The second kappa shape index (κ2) is 6.30. The van der Waals surface area contributed by atoms with Gasteiger partial charge in [0, 0.05) is 25.2 Å². The van der Waals surface area contributed by atoms with E-state index in [0.29, 0.717) is 0 Å². The number of hydrogen-bond donors (Lipinski definition) is 0. The predicted molar refractivity (Wildman–Crippen MR) is 60.8 cm³/mol. The van der Waals surface area contributed by atoms with Crippen LogP contribution in [0.4, 0.5) is 0 Å². The van der Waals surface area contributed by atoms with Crippen LogP contribution < -0.4 is 0 Å². The second-order valence-corrected chi connectivity index (χ2v) is 4.20. The van der Waals surface area contributed by atoms with Gasteiger partial charge in [-0.25, -0.2) is 4.79 Å². The van der Waals surface area contributed by atoms with Gasteiger partial charge >= 0.3 is 5.97 Å². The summed E-state index contributed by atoms with van der Waals surface area (Å²) in [6.07, 6.45) is 5.64. The van der Waals surface area contributed by atoms with Crippen molar-refractivity contribution in [3.05, 3.63) is 12.2 Å². The Balaban J connectivity index is 2.37. The molecule has 0 spiro atoms. The number of hydrogen-bond acceptors (Lipinski definition) is 3. The molecule has 0 N–H and O–H groups in total. The monoisotopic (exact) mass is 225 g/mol. The zero-order valence-electron chi connectivity index (χ0n) is 9.94. The topological polar surface area (TPSA) is 46.6 Å². The third kappa shape index (κ3) is 4.47. The van der Waals surface area contributed by atoms with Crippen molar-refractivity contribution in [3.63, 3.8) is 0 Å². The molecule has 90 valence electrons. The number of likely N-dealkylation sites (tertiary alicyclic amines) is 1. The average molecular weight is 225 g/mol. The van der Waals surface area contributed by atoms with E-state index in [0.717, 1.165) is 25.9 Å². The molecule has 4 nitrogen and oxygen atoms in total. The van der Waals surface area contributed by atoms with Crippen molar-refractivity contribution in [1.82, 2.24) is 4.90 Å². The molecule has 16 heavy (non-hydrogen) atoms. The van der Waals surface area contributed by atoms with Gasteiger partial charge in [-0.3, -0.25) is 4.79 Å². The van der Waals surface area contributed by atoms with Crippen LogP contribution in [0.1, 0.15) is 33.1 Å². The fraction of sp³-hybridized carbons (Fsp3) is 0.667. The number of rotatable bonds is 3. The maximum absolute atomic E-state index is 11.6. The number of nitrogens with zero attached hydrogens (tertiary/aromatic N) is 1. The molecule has 1 rings (SSSR count). The summed E-state index contributed by atoms with van der Waals surface area (Å²) in [6.45, 7) is 5.14. The van der Waals surface area contributed by atoms with Gasteiger partial charge in [-0.2, -0.15) is 0 Å². The van der Waals surface area contributed by atoms with E-state index in [1.807, 2.05) is 0 Å². The van der Waals surface area contributed by atoms with E-state index in [9.17, 15) is 9.59 Å². The minimum Gasteiger partial charge on any atom is -0.460 e. The number of amides is 1. The van der Waals surface area contributed by atoms with Crippen LogP contribution in [0.5, 0.6) is 0 Å². The molecule has 1 fully saturated rings. The van der Waals surface area contributed by atoms with Gasteiger partial charge in [-0.1, -0.05) is 0 Å². The summed E-state index contributed by atoms with van der Waals surface area (Å²) in [6, 6.07) is 0. The van der Waals surface area contributed by atoms with Crippen molar-refractivity contribution in [2.24, 2.45) is 0 Å². The van der Waals surface area contributed by atoms with Crippen molar-refractivity contribution < 1.29 is 14.3 Å². The quantitative estimate of drug-likeness (QED) is 0.540. The molecule has 0 atom stereocenters. The van der Waals surface area contributed by atoms with Crippen LogP contribution in [0.3, 0.4) is 0 Å². The third-order valence-electron chi connectivity index (χ3n) is 2.38. The van der Waals surface area contributed by atoms with Crippen molar-refractivity contribution in [2.75, 3.05) is 13.1 Å². The predicted octanol–water partition coefficient (Wildman–Crippen LogP) is 1.51. The lowest BCUT2D eigenvalue weighted by Crippen LogP contribution is -2.34. The van der Waals surface area contributed by atoms with Gasteiger partial charge in [0.25, 0.3) is 0 Å². The van der Waals surface area contributed by atoms with Crippen LogP contribution in [0.15, 0.2) is 12.2 Å². The molecule has 1 heterocycles. The van der Waals surface area contributed by atoms with Crippen molar-refractivity contribution in [2.45, 2.75) is 39.2 Å². The minimum atomic E-state index is -0.458. The lowest BCUT2D eigenvalue weighted by atomic mass is 10.1. The Morgan fingerprint density at radius 3 is 2.31 bits per heavy atom. The molecule has 1 aliphatic rings. The second-order valence-electron chi connectivity index (χ2n) is 4.20. The molecule has 1 amide bonds. The fourth-order valence-corrected chi connectivity index (χ4v) is 1.63. The first-order chi connectivity index (χ1) is 7.59. The molecule has 0 saturated carbocycles. The highest BCUT2D eigenvalue weighted by Crippen LogP contribution is 2.08. The summed E-state index contributed by atoms with van der Waals surface area (Å²) in [5, 5.41) is 0. The summed E-state index contributed by atoms with van der Waals surface area (Å²) < 4.78 is 4.89. The highest BCUT2D eigenvalue weighted by Gasteiger charge is 2.14. The summed E-state index contributed by atoms with van der Waals surface area (Å²) in [5.41, 5.74) is 0. The van der Waals surface area contributed by atoms with Gasteiger partial charge in [0.05, 0.1) is 6.10 Å². The molecule has 1 saturated heterocycles. The molecule has 0 bridgehead atoms. The zero-order chi connectivity index (χ0) is 12.0. The smallest absolute Gasteiger partial charge is 0.331 e. The van der Waals surface area contributed by atoms with Crippen LogP contribution in [0.25, 0.3) is 0 Å². The number of ether oxygens (including phenoxy) is 1. The van der Waals surface area contributed by atoms with Gasteiger partial charge in [-0.15, -0.1) is 0 Å². The van der Waals surface area contributed by atoms with Gasteiger partial charge in [0.2, 0.25) is 5.91 Å².